The summed E-state index contributed by atoms with van der Waals surface area (Å²) in [5.74, 6) is -0.596. The van der Waals surface area contributed by atoms with E-state index in [0.29, 0.717) is 0 Å². The number of benzene rings is 1. The predicted octanol–water partition coefficient (Wildman–Crippen LogP) is 1.94. The van der Waals surface area contributed by atoms with Crippen molar-refractivity contribution >= 4 is 24.2 Å². The van der Waals surface area contributed by atoms with Crippen molar-refractivity contribution in [3.05, 3.63) is 39.7 Å². The molecule has 1 atom stereocenters. The molecule has 1 saturated heterocycles. The number of nitrogens with zero attached hydrogens (tertiary/aromatic N) is 1. The van der Waals surface area contributed by atoms with Crippen LogP contribution >= 0.6 is 12.4 Å². The van der Waals surface area contributed by atoms with Gasteiger partial charge in [0.05, 0.1) is 16.5 Å². The summed E-state index contributed by atoms with van der Waals surface area (Å²) >= 11 is 0. The molecule has 0 unspecified atom stereocenters. The van der Waals surface area contributed by atoms with Gasteiger partial charge in [-0.05, 0) is 12.1 Å². The number of nitro groups is 1. The summed E-state index contributed by atoms with van der Waals surface area (Å²) in [6, 6.07) is 2.41. The third kappa shape index (κ3) is 2.62. The number of ether oxygens (including phenoxy) is 1. The number of amides is 1. The molecule has 0 aromatic heterocycles. The average molecular weight is 263 g/mol. The number of carbonyl (C=O) groups is 1. The van der Waals surface area contributed by atoms with Crippen LogP contribution in [0.4, 0.5) is 14.9 Å². The lowest BCUT2D eigenvalue weighted by atomic mass is 10.1. The Balaban J connectivity index is 0.00000144. The van der Waals surface area contributed by atoms with E-state index in [1.165, 1.54) is 0 Å². The number of halogens is 2. The Morgan fingerprint density at radius 1 is 1.53 bits per heavy atom. The van der Waals surface area contributed by atoms with E-state index in [1.54, 1.807) is 0 Å². The van der Waals surface area contributed by atoms with Gasteiger partial charge in [-0.2, -0.15) is 0 Å². The third-order valence-corrected chi connectivity index (χ3v) is 2.23. The molecule has 2 rings (SSSR count). The summed E-state index contributed by atoms with van der Waals surface area (Å²) in [4.78, 5) is 20.9. The molecule has 0 spiro atoms. The second-order valence-corrected chi connectivity index (χ2v) is 3.26. The fourth-order valence-corrected chi connectivity index (χ4v) is 1.52. The minimum atomic E-state index is -0.677. The van der Waals surface area contributed by atoms with E-state index >= 15 is 0 Å². The summed E-state index contributed by atoms with van der Waals surface area (Å²) in [5, 5.41) is 13.1. The molecular weight excluding hydrogens is 255 g/mol. The van der Waals surface area contributed by atoms with Gasteiger partial charge in [0.1, 0.15) is 12.4 Å². The predicted molar refractivity (Wildman–Crippen MR) is 57.5 cm³/mol. The third-order valence-electron chi connectivity index (χ3n) is 2.23. The van der Waals surface area contributed by atoms with Gasteiger partial charge < -0.3 is 10.1 Å². The quantitative estimate of drug-likeness (QED) is 0.652. The second-order valence-electron chi connectivity index (χ2n) is 3.26. The first-order valence-corrected chi connectivity index (χ1v) is 4.45. The van der Waals surface area contributed by atoms with Crippen LogP contribution in [0.5, 0.6) is 0 Å². The van der Waals surface area contributed by atoms with Gasteiger partial charge in [-0.15, -0.1) is 12.4 Å². The van der Waals surface area contributed by atoms with E-state index in [9.17, 15) is 19.3 Å². The zero-order valence-corrected chi connectivity index (χ0v) is 9.20. The van der Waals surface area contributed by atoms with Crippen molar-refractivity contribution in [1.29, 1.82) is 0 Å². The Morgan fingerprint density at radius 2 is 2.24 bits per heavy atom. The van der Waals surface area contributed by atoms with Crippen molar-refractivity contribution in [3.8, 4) is 0 Å². The molecule has 1 aliphatic rings. The van der Waals surface area contributed by atoms with Gasteiger partial charge in [-0.25, -0.2) is 9.18 Å². The molecule has 1 aromatic carbocycles. The maximum Gasteiger partial charge on any atom is 0.407 e. The molecule has 1 aliphatic heterocycles. The fraction of sp³-hybridized carbons (Fsp3) is 0.222. The number of hydrogen-bond donors (Lipinski definition) is 1. The monoisotopic (exact) mass is 262 g/mol. The smallest absolute Gasteiger partial charge is 0.407 e. The molecule has 17 heavy (non-hydrogen) atoms. The van der Waals surface area contributed by atoms with Crippen molar-refractivity contribution in [2.24, 2.45) is 0 Å². The van der Waals surface area contributed by atoms with E-state index < -0.39 is 22.9 Å². The molecular formula is C9H8ClFN2O4. The van der Waals surface area contributed by atoms with E-state index in [4.69, 9.17) is 0 Å². The minimum absolute atomic E-state index is 0. The highest BCUT2D eigenvalue weighted by Crippen LogP contribution is 2.28. The lowest BCUT2D eigenvalue weighted by molar-refractivity contribution is -0.385. The molecule has 1 N–H and O–H groups in total. The van der Waals surface area contributed by atoms with Crippen molar-refractivity contribution in [1.82, 2.24) is 5.32 Å². The summed E-state index contributed by atoms with van der Waals surface area (Å²) in [6.07, 6.45) is -0.663. The Bertz CT molecular complexity index is 468. The van der Waals surface area contributed by atoms with Crippen molar-refractivity contribution in [3.63, 3.8) is 0 Å². The fourth-order valence-electron chi connectivity index (χ4n) is 1.52. The van der Waals surface area contributed by atoms with Crippen LogP contribution in [0.2, 0.25) is 0 Å². The highest BCUT2D eigenvalue weighted by Gasteiger charge is 2.30. The van der Waals surface area contributed by atoms with Gasteiger partial charge in [0.2, 0.25) is 0 Å². The molecule has 1 amide bonds. The average Bonchev–Trinajstić information content (AvgIpc) is 2.64. The number of carbonyl (C=O) groups excluding carboxylic acids is 1. The van der Waals surface area contributed by atoms with Crippen LogP contribution in [0.25, 0.3) is 0 Å². The first-order chi connectivity index (χ1) is 7.58. The molecule has 1 heterocycles. The molecule has 1 fully saturated rings. The maximum atomic E-state index is 13.0. The number of rotatable bonds is 2. The van der Waals surface area contributed by atoms with E-state index in [2.05, 4.69) is 10.1 Å². The maximum absolute atomic E-state index is 13.0. The van der Waals surface area contributed by atoms with Gasteiger partial charge in [0.25, 0.3) is 5.69 Å². The summed E-state index contributed by atoms with van der Waals surface area (Å²) in [6.45, 7) is -0.0386. The Kier molecular flexibility index (Phi) is 3.84. The zero-order valence-electron chi connectivity index (χ0n) is 8.38. The molecule has 0 radical (unpaired) electrons. The molecule has 0 aliphatic carbocycles. The molecule has 0 saturated carbocycles. The largest absolute Gasteiger partial charge is 0.447 e. The van der Waals surface area contributed by atoms with Crippen molar-refractivity contribution < 1.29 is 18.8 Å². The van der Waals surface area contributed by atoms with Gasteiger partial charge in [-0.1, -0.05) is 0 Å². The van der Waals surface area contributed by atoms with Crippen molar-refractivity contribution in [2.75, 3.05) is 6.61 Å². The Hall–Kier alpha value is -1.89. The highest BCUT2D eigenvalue weighted by atomic mass is 35.5. The van der Waals surface area contributed by atoms with Gasteiger partial charge in [-0.3, -0.25) is 10.1 Å². The molecule has 92 valence electrons. The van der Waals surface area contributed by atoms with Gasteiger partial charge in [0.15, 0.2) is 0 Å². The van der Waals surface area contributed by atoms with Crippen molar-refractivity contribution in [2.45, 2.75) is 6.04 Å². The van der Waals surface area contributed by atoms with Crippen LogP contribution in [0.15, 0.2) is 18.2 Å². The van der Waals surface area contributed by atoms with Crippen LogP contribution in [0.3, 0.4) is 0 Å². The number of nitro benzene ring substituents is 1. The number of hydrogen-bond acceptors (Lipinski definition) is 4. The standard InChI is InChI=1S/C9H7FN2O4.ClH/c10-5-1-2-8(12(14)15)6(3-5)7-4-16-9(13)11-7;/h1-3,7H,4H2,(H,11,13);1H/t7-;/m1./s1. The van der Waals surface area contributed by atoms with E-state index in [0.717, 1.165) is 18.2 Å². The molecule has 6 nitrogen and oxygen atoms in total. The Labute approximate surface area is 101 Å². The first kappa shape index (κ1) is 13.2. The number of alkyl carbamates (subject to hydrolysis) is 1. The van der Waals surface area contributed by atoms with Crippen LogP contribution in [0, 0.1) is 15.9 Å². The topological polar surface area (TPSA) is 81.5 Å². The number of cyclic esters (lactones) is 1. The lowest BCUT2D eigenvalue weighted by Crippen LogP contribution is -2.19. The lowest BCUT2D eigenvalue weighted by Gasteiger charge is -2.07. The highest BCUT2D eigenvalue weighted by molar-refractivity contribution is 5.85. The molecule has 8 heteroatoms. The second kappa shape index (κ2) is 4.96. The van der Waals surface area contributed by atoms with E-state index in [1.807, 2.05) is 0 Å². The molecule has 0 bridgehead atoms. The Morgan fingerprint density at radius 3 is 2.76 bits per heavy atom. The van der Waals surface area contributed by atoms with Crippen LogP contribution in [-0.4, -0.2) is 17.6 Å². The van der Waals surface area contributed by atoms with Crippen LogP contribution in [0.1, 0.15) is 11.6 Å². The normalized spacial score (nSPS) is 17.9. The molecule has 1 aromatic rings. The minimum Gasteiger partial charge on any atom is -0.447 e. The SMILES string of the molecule is Cl.O=C1N[C@@H](c2cc(F)ccc2[N+](=O)[O-])CO1. The van der Waals surface area contributed by atoms with E-state index in [-0.39, 0.29) is 30.3 Å². The summed E-state index contributed by atoms with van der Waals surface area (Å²) < 4.78 is 17.6. The van der Waals surface area contributed by atoms with Gasteiger partial charge >= 0.3 is 6.09 Å². The first-order valence-electron chi connectivity index (χ1n) is 4.45. The summed E-state index contributed by atoms with van der Waals surface area (Å²) in [7, 11) is 0. The summed E-state index contributed by atoms with van der Waals surface area (Å²) in [5.41, 5.74) is -0.131. The van der Waals surface area contributed by atoms with Gasteiger partial charge in [0, 0.05) is 6.07 Å². The number of nitrogens with one attached hydrogen (secondary N) is 1. The van der Waals surface area contributed by atoms with Crippen LogP contribution < -0.4 is 5.32 Å². The zero-order chi connectivity index (χ0) is 11.7. The van der Waals surface area contributed by atoms with Crippen LogP contribution in [-0.2, 0) is 4.74 Å².